The van der Waals surface area contributed by atoms with Crippen LogP contribution in [-0.4, -0.2) is 64.2 Å². The topological polar surface area (TPSA) is 131 Å². The minimum absolute atomic E-state index is 0.0588. The van der Waals surface area contributed by atoms with Gasteiger partial charge in [-0.2, -0.15) is 0 Å². The van der Waals surface area contributed by atoms with Crippen molar-refractivity contribution in [3.8, 4) is 11.4 Å². The summed E-state index contributed by atoms with van der Waals surface area (Å²) >= 11 is 6.13. The van der Waals surface area contributed by atoms with Crippen LogP contribution in [0.5, 0.6) is 5.75 Å². The molecule has 2 aromatic carbocycles. The van der Waals surface area contributed by atoms with Crippen molar-refractivity contribution in [1.29, 1.82) is 0 Å². The number of rotatable bonds is 5. The summed E-state index contributed by atoms with van der Waals surface area (Å²) in [7, 11) is 1.63. The molecule has 2 aliphatic rings. The van der Waals surface area contributed by atoms with E-state index in [4.69, 9.17) is 31.2 Å². The predicted molar refractivity (Wildman–Crippen MR) is 131 cm³/mol. The van der Waals surface area contributed by atoms with Crippen molar-refractivity contribution >= 4 is 29.7 Å². The molecule has 0 radical (unpaired) electrons. The Morgan fingerprint density at radius 1 is 1.26 bits per heavy atom. The Morgan fingerprint density at radius 2 is 1.97 bits per heavy atom. The van der Waals surface area contributed by atoms with E-state index in [0.717, 1.165) is 41.4 Å². The minimum Gasteiger partial charge on any atom is -0.497 e. The van der Waals surface area contributed by atoms with Gasteiger partial charge in [-0.25, -0.2) is 0 Å². The molecule has 0 saturated carbocycles. The molecule has 0 aliphatic carbocycles. The van der Waals surface area contributed by atoms with Gasteiger partial charge in [0.1, 0.15) is 17.6 Å². The maximum Gasteiger partial charge on any atom is 0.290 e. The van der Waals surface area contributed by atoms with Crippen LogP contribution in [0.4, 0.5) is 0 Å². The first-order valence-corrected chi connectivity index (χ1v) is 11.3. The van der Waals surface area contributed by atoms with E-state index in [9.17, 15) is 4.79 Å². The second-order valence-corrected chi connectivity index (χ2v) is 8.49. The van der Waals surface area contributed by atoms with Crippen LogP contribution in [0, 0.1) is 6.92 Å². The first-order chi connectivity index (χ1) is 16.9. The van der Waals surface area contributed by atoms with Crippen LogP contribution in [0.1, 0.15) is 35.2 Å². The van der Waals surface area contributed by atoms with Crippen LogP contribution < -0.4 is 15.4 Å². The number of hydrogen-bond acceptors (Lipinski definition) is 7. The number of benzene rings is 2. The van der Waals surface area contributed by atoms with Crippen molar-refractivity contribution in [1.82, 2.24) is 25.4 Å². The summed E-state index contributed by atoms with van der Waals surface area (Å²) < 4.78 is 7.47. The molecule has 3 aromatic rings. The highest BCUT2D eigenvalue weighted by Crippen LogP contribution is 2.34. The Balaban J connectivity index is 0.000000917. The third-order valence-electron chi connectivity index (χ3n) is 5.78. The molecular weight excluding hydrogens is 472 g/mol. The summed E-state index contributed by atoms with van der Waals surface area (Å²) in [6.45, 7) is 3.22. The van der Waals surface area contributed by atoms with E-state index in [1.54, 1.807) is 7.11 Å². The van der Waals surface area contributed by atoms with Gasteiger partial charge in [0.15, 0.2) is 5.82 Å². The van der Waals surface area contributed by atoms with Gasteiger partial charge in [0, 0.05) is 29.2 Å². The lowest BCUT2D eigenvalue weighted by atomic mass is 10.00. The second kappa shape index (κ2) is 10.7. The van der Waals surface area contributed by atoms with E-state index in [1.807, 2.05) is 54.0 Å². The highest BCUT2D eigenvalue weighted by Gasteiger charge is 2.31. The van der Waals surface area contributed by atoms with Crippen molar-refractivity contribution in [3.05, 3.63) is 70.3 Å². The minimum atomic E-state index is -0.492. The number of aromatic nitrogens is 3. The molecule has 2 aliphatic heterocycles. The number of carboxylic acid groups (broad SMARTS) is 1. The Bertz CT molecular complexity index is 1250. The Labute approximate surface area is 207 Å². The van der Waals surface area contributed by atoms with Gasteiger partial charge in [0.25, 0.3) is 6.47 Å². The molecule has 1 amide bonds. The molecule has 0 spiro atoms. The molecular formula is C24H25ClN6O4. The quantitative estimate of drug-likeness (QED) is 0.462. The molecule has 1 saturated heterocycles. The number of aliphatic imine (C=N–C) groups is 1. The molecule has 0 bridgehead atoms. The van der Waals surface area contributed by atoms with E-state index in [0.29, 0.717) is 16.6 Å². The Hall–Kier alpha value is -3.76. The van der Waals surface area contributed by atoms with E-state index in [-0.39, 0.29) is 24.8 Å². The number of aryl methyl sites for hydroxylation is 1. The number of hydrogen-bond donors (Lipinski definition) is 3. The highest BCUT2D eigenvalue weighted by atomic mass is 35.5. The van der Waals surface area contributed by atoms with Crippen LogP contribution in [0.25, 0.3) is 5.69 Å². The SMILES string of the molecule is COc1ccc2c(c1)C(c1ccc(Cl)cc1)=N[C@@H](CC(=O)NC1CNC1)c1nnc(C)n1-2.O=CO. The maximum absolute atomic E-state index is 12.8. The molecule has 10 nitrogen and oxygen atoms in total. The van der Waals surface area contributed by atoms with E-state index >= 15 is 0 Å². The number of nitrogens with zero attached hydrogens (tertiary/aromatic N) is 4. The molecule has 1 aromatic heterocycles. The average molecular weight is 497 g/mol. The Kier molecular flexibility index (Phi) is 7.42. The smallest absolute Gasteiger partial charge is 0.290 e. The summed E-state index contributed by atoms with van der Waals surface area (Å²) in [5.41, 5.74) is 3.42. The summed E-state index contributed by atoms with van der Waals surface area (Å²) in [4.78, 5) is 26.2. The number of nitrogens with one attached hydrogen (secondary N) is 2. The summed E-state index contributed by atoms with van der Waals surface area (Å²) in [6, 6.07) is 13.0. The fourth-order valence-electron chi connectivity index (χ4n) is 4.03. The van der Waals surface area contributed by atoms with Gasteiger partial charge in [-0.3, -0.25) is 19.1 Å². The zero-order valence-electron chi connectivity index (χ0n) is 19.2. The van der Waals surface area contributed by atoms with Gasteiger partial charge in [-0.05, 0) is 37.3 Å². The summed E-state index contributed by atoms with van der Waals surface area (Å²) in [5, 5.41) is 22.5. The van der Waals surface area contributed by atoms with Crippen molar-refractivity contribution in [2.75, 3.05) is 20.2 Å². The van der Waals surface area contributed by atoms with Gasteiger partial charge in [0.2, 0.25) is 5.91 Å². The summed E-state index contributed by atoms with van der Waals surface area (Å²) in [6.07, 6.45) is 0.177. The number of halogens is 1. The standard InChI is InChI=1S/C23H23ClN6O2.CH2O2/c1-13-28-29-23-19(10-21(31)26-16-11-25-12-16)27-22(14-3-5-15(24)6-4-14)18-9-17(32-2)7-8-20(18)30(13)23;2-1-3/h3-9,16,19,25H,10-12H2,1-2H3,(H,26,31);1H,(H,2,3)/t19-;/m0./s1. The van der Waals surface area contributed by atoms with Crippen LogP contribution >= 0.6 is 11.6 Å². The largest absolute Gasteiger partial charge is 0.497 e. The van der Waals surface area contributed by atoms with Crippen molar-refractivity contribution in [3.63, 3.8) is 0 Å². The van der Waals surface area contributed by atoms with Gasteiger partial charge in [-0.1, -0.05) is 23.7 Å². The number of amides is 1. The maximum atomic E-state index is 12.8. The van der Waals surface area contributed by atoms with Gasteiger partial charge < -0.3 is 20.5 Å². The molecule has 182 valence electrons. The first kappa shape index (κ1) is 24.4. The fraction of sp³-hybridized carbons (Fsp3) is 0.292. The van der Waals surface area contributed by atoms with Crippen LogP contribution in [0.15, 0.2) is 47.5 Å². The lowest BCUT2D eigenvalue weighted by molar-refractivity contribution is -0.123. The lowest BCUT2D eigenvalue weighted by Crippen LogP contribution is -2.57. The number of ether oxygens (including phenoxy) is 1. The number of fused-ring (bicyclic) bond motifs is 3. The van der Waals surface area contributed by atoms with Crippen molar-refractivity contribution in [2.45, 2.75) is 25.4 Å². The predicted octanol–water partition coefficient (Wildman–Crippen LogP) is 2.31. The average Bonchev–Trinajstić information content (AvgIpc) is 3.14. The van der Waals surface area contributed by atoms with Gasteiger partial charge in [-0.15, -0.1) is 10.2 Å². The molecule has 3 heterocycles. The van der Waals surface area contributed by atoms with Crippen LogP contribution in [0.3, 0.4) is 0 Å². The first-order valence-electron chi connectivity index (χ1n) is 11.0. The van der Waals surface area contributed by atoms with E-state index in [1.165, 1.54) is 0 Å². The van der Waals surface area contributed by atoms with Crippen molar-refractivity contribution in [2.24, 2.45) is 4.99 Å². The van der Waals surface area contributed by atoms with Crippen LogP contribution in [-0.2, 0) is 9.59 Å². The van der Waals surface area contributed by atoms with Gasteiger partial charge >= 0.3 is 0 Å². The molecule has 0 unspecified atom stereocenters. The lowest BCUT2D eigenvalue weighted by Gasteiger charge is -2.28. The van der Waals surface area contributed by atoms with E-state index in [2.05, 4.69) is 20.8 Å². The molecule has 35 heavy (non-hydrogen) atoms. The molecule has 5 rings (SSSR count). The fourth-order valence-corrected chi connectivity index (χ4v) is 4.16. The summed E-state index contributed by atoms with van der Waals surface area (Å²) in [5.74, 6) is 2.02. The highest BCUT2D eigenvalue weighted by molar-refractivity contribution is 6.30. The third-order valence-corrected chi connectivity index (χ3v) is 6.03. The third kappa shape index (κ3) is 5.18. The second-order valence-electron chi connectivity index (χ2n) is 8.06. The Morgan fingerprint density at radius 3 is 2.60 bits per heavy atom. The monoisotopic (exact) mass is 496 g/mol. The number of carbonyl (C=O) groups is 2. The molecule has 1 atom stereocenters. The molecule has 1 fully saturated rings. The molecule has 11 heteroatoms. The van der Waals surface area contributed by atoms with Gasteiger partial charge in [0.05, 0.1) is 31.0 Å². The normalized spacial score (nSPS) is 16.3. The van der Waals surface area contributed by atoms with Crippen LogP contribution in [0.2, 0.25) is 5.02 Å². The number of methoxy groups -OCH3 is 1. The molecule has 3 N–H and O–H groups in total. The zero-order chi connectivity index (χ0) is 24.9. The van der Waals surface area contributed by atoms with E-state index < -0.39 is 6.04 Å². The zero-order valence-corrected chi connectivity index (χ0v) is 20.0. The number of carbonyl (C=O) groups excluding carboxylic acids is 1. The van der Waals surface area contributed by atoms with Crippen molar-refractivity contribution < 1.29 is 19.4 Å².